The van der Waals surface area contributed by atoms with Gasteiger partial charge in [-0.2, -0.15) is 0 Å². The van der Waals surface area contributed by atoms with Gasteiger partial charge in [0.1, 0.15) is 17.8 Å². The Morgan fingerprint density at radius 2 is 1.80 bits per heavy atom. The predicted octanol–water partition coefficient (Wildman–Crippen LogP) is 4.06. The maximum Gasteiger partial charge on any atom is 0.195 e. The van der Waals surface area contributed by atoms with Crippen molar-refractivity contribution in [3.05, 3.63) is 59.9 Å². The summed E-state index contributed by atoms with van der Waals surface area (Å²) in [5, 5.41) is 9.15. The summed E-state index contributed by atoms with van der Waals surface area (Å²) >= 11 is 1.63. The van der Waals surface area contributed by atoms with Crippen molar-refractivity contribution < 1.29 is 9.47 Å². The topological polar surface area (TPSA) is 49.2 Å². The molecule has 0 N–H and O–H groups in total. The van der Waals surface area contributed by atoms with Crippen LogP contribution < -0.4 is 9.47 Å². The zero-order chi connectivity index (χ0) is 17.6. The molecule has 0 bridgehead atoms. The van der Waals surface area contributed by atoms with Gasteiger partial charge in [0.2, 0.25) is 0 Å². The highest BCUT2D eigenvalue weighted by Gasteiger charge is 2.09. The third kappa shape index (κ3) is 4.33. The van der Waals surface area contributed by atoms with Gasteiger partial charge < -0.3 is 9.47 Å². The van der Waals surface area contributed by atoms with Gasteiger partial charge in [0.15, 0.2) is 5.16 Å². The standard InChI is InChI=1S/C19H21N3O2S/c1-14-4-9-18(15(2)12-14)22-13-20-21-19(22)25-11-10-24-17-7-5-16(23-3)6-8-17/h4-9,12-13H,10-11H2,1-3H3. The second-order valence-electron chi connectivity index (χ2n) is 5.65. The first-order valence-electron chi connectivity index (χ1n) is 8.04. The fourth-order valence-corrected chi connectivity index (χ4v) is 3.27. The van der Waals surface area contributed by atoms with Crippen LogP contribution in [-0.4, -0.2) is 34.2 Å². The molecule has 2 aromatic carbocycles. The van der Waals surface area contributed by atoms with E-state index in [1.54, 1.807) is 25.2 Å². The lowest BCUT2D eigenvalue weighted by molar-refractivity contribution is 0.342. The van der Waals surface area contributed by atoms with Crippen molar-refractivity contribution >= 4 is 11.8 Å². The maximum absolute atomic E-state index is 5.75. The minimum absolute atomic E-state index is 0.594. The quantitative estimate of drug-likeness (QED) is 0.472. The molecule has 0 aliphatic heterocycles. The summed E-state index contributed by atoms with van der Waals surface area (Å²) in [7, 11) is 1.65. The van der Waals surface area contributed by atoms with E-state index in [1.165, 1.54) is 11.1 Å². The third-order valence-corrected chi connectivity index (χ3v) is 4.68. The predicted molar refractivity (Wildman–Crippen MR) is 100 cm³/mol. The smallest absolute Gasteiger partial charge is 0.195 e. The minimum Gasteiger partial charge on any atom is -0.497 e. The van der Waals surface area contributed by atoms with Crippen molar-refractivity contribution in [1.29, 1.82) is 0 Å². The molecule has 0 radical (unpaired) electrons. The van der Waals surface area contributed by atoms with Crippen molar-refractivity contribution in [2.75, 3.05) is 19.5 Å². The number of benzene rings is 2. The lowest BCUT2D eigenvalue weighted by atomic mass is 10.1. The molecule has 0 saturated carbocycles. The van der Waals surface area contributed by atoms with E-state index in [1.807, 2.05) is 28.8 Å². The largest absolute Gasteiger partial charge is 0.497 e. The van der Waals surface area contributed by atoms with Gasteiger partial charge in [-0.15, -0.1) is 10.2 Å². The van der Waals surface area contributed by atoms with E-state index in [0.717, 1.165) is 28.1 Å². The lowest BCUT2D eigenvalue weighted by Crippen LogP contribution is -2.03. The summed E-state index contributed by atoms with van der Waals surface area (Å²) in [6.45, 7) is 4.79. The third-order valence-electron chi connectivity index (χ3n) is 3.77. The molecule has 0 unspecified atom stereocenters. The number of hydrogen-bond donors (Lipinski definition) is 0. The molecule has 6 heteroatoms. The Bertz CT molecular complexity index is 831. The summed E-state index contributed by atoms with van der Waals surface area (Å²) in [5.74, 6) is 2.44. The van der Waals surface area contributed by atoms with E-state index < -0.39 is 0 Å². The van der Waals surface area contributed by atoms with Crippen LogP contribution in [0, 0.1) is 13.8 Å². The first-order chi connectivity index (χ1) is 12.2. The summed E-state index contributed by atoms with van der Waals surface area (Å²) in [6, 6.07) is 14.0. The minimum atomic E-state index is 0.594. The van der Waals surface area contributed by atoms with Crippen LogP contribution >= 0.6 is 11.8 Å². The van der Waals surface area contributed by atoms with Crippen LogP contribution in [0.15, 0.2) is 53.9 Å². The van der Waals surface area contributed by atoms with Gasteiger partial charge in [-0.25, -0.2) is 0 Å². The Balaban J connectivity index is 1.58. The zero-order valence-corrected chi connectivity index (χ0v) is 15.4. The van der Waals surface area contributed by atoms with Gasteiger partial charge in [-0.05, 0) is 49.7 Å². The maximum atomic E-state index is 5.75. The van der Waals surface area contributed by atoms with Gasteiger partial charge in [-0.3, -0.25) is 4.57 Å². The number of hydrogen-bond acceptors (Lipinski definition) is 5. The molecule has 0 aliphatic carbocycles. The number of methoxy groups -OCH3 is 1. The molecule has 0 amide bonds. The van der Waals surface area contributed by atoms with E-state index in [-0.39, 0.29) is 0 Å². The highest BCUT2D eigenvalue weighted by Crippen LogP contribution is 2.23. The average Bonchev–Trinajstić information content (AvgIpc) is 3.07. The molecular formula is C19H21N3O2S. The van der Waals surface area contributed by atoms with E-state index in [9.17, 15) is 0 Å². The van der Waals surface area contributed by atoms with E-state index in [0.29, 0.717) is 6.61 Å². The number of nitrogens with zero attached hydrogens (tertiary/aromatic N) is 3. The average molecular weight is 355 g/mol. The molecule has 0 spiro atoms. The van der Waals surface area contributed by atoms with Crippen LogP contribution in [0.2, 0.25) is 0 Å². The van der Waals surface area contributed by atoms with Crippen molar-refractivity contribution in [3.8, 4) is 17.2 Å². The molecule has 5 nitrogen and oxygen atoms in total. The Hall–Kier alpha value is -2.47. The summed E-state index contributed by atoms with van der Waals surface area (Å²) in [5.41, 5.74) is 3.56. The second-order valence-corrected chi connectivity index (χ2v) is 6.71. The van der Waals surface area contributed by atoms with Crippen molar-refractivity contribution in [2.45, 2.75) is 19.0 Å². The molecular weight excluding hydrogens is 334 g/mol. The molecule has 0 saturated heterocycles. The highest BCUT2D eigenvalue weighted by atomic mass is 32.2. The Labute approximate surface area is 152 Å². The van der Waals surface area contributed by atoms with Gasteiger partial charge >= 0.3 is 0 Å². The summed E-state index contributed by atoms with van der Waals surface area (Å²) in [6.07, 6.45) is 1.75. The summed E-state index contributed by atoms with van der Waals surface area (Å²) < 4.78 is 12.9. The molecule has 0 fully saturated rings. The van der Waals surface area contributed by atoms with Crippen molar-refractivity contribution in [1.82, 2.24) is 14.8 Å². The zero-order valence-electron chi connectivity index (χ0n) is 14.6. The fraction of sp³-hybridized carbons (Fsp3) is 0.263. The fourth-order valence-electron chi connectivity index (χ4n) is 2.53. The van der Waals surface area contributed by atoms with Crippen LogP contribution in [0.1, 0.15) is 11.1 Å². The number of aromatic nitrogens is 3. The normalized spacial score (nSPS) is 10.7. The number of aryl methyl sites for hydroxylation is 2. The van der Waals surface area contributed by atoms with Gasteiger partial charge in [0.05, 0.1) is 19.4 Å². The number of thioether (sulfide) groups is 1. The first kappa shape index (κ1) is 17.4. The second kappa shape index (κ2) is 8.07. The van der Waals surface area contributed by atoms with Crippen LogP contribution in [0.25, 0.3) is 5.69 Å². The van der Waals surface area contributed by atoms with Crippen molar-refractivity contribution in [3.63, 3.8) is 0 Å². The molecule has 3 rings (SSSR count). The molecule has 1 aromatic heterocycles. The van der Waals surface area contributed by atoms with E-state index >= 15 is 0 Å². The van der Waals surface area contributed by atoms with Crippen LogP contribution in [0.5, 0.6) is 11.5 Å². The van der Waals surface area contributed by atoms with Crippen molar-refractivity contribution in [2.24, 2.45) is 0 Å². The molecule has 3 aromatic rings. The highest BCUT2D eigenvalue weighted by molar-refractivity contribution is 7.99. The molecule has 0 aliphatic rings. The van der Waals surface area contributed by atoms with Crippen LogP contribution in [0.4, 0.5) is 0 Å². The van der Waals surface area contributed by atoms with Crippen LogP contribution in [0.3, 0.4) is 0 Å². The molecule has 1 heterocycles. The monoisotopic (exact) mass is 355 g/mol. The number of ether oxygens (including phenoxy) is 2. The Morgan fingerprint density at radius 3 is 2.52 bits per heavy atom. The Kier molecular flexibility index (Phi) is 5.60. The molecule has 25 heavy (non-hydrogen) atoms. The molecule has 0 atom stereocenters. The SMILES string of the molecule is COc1ccc(OCCSc2nncn2-c2ccc(C)cc2C)cc1. The lowest BCUT2D eigenvalue weighted by Gasteiger charge is -2.10. The first-order valence-corrected chi connectivity index (χ1v) is 9.03. The van der Waals surface area contributed by atoms with Gasteiger partial charge in [0.25, 0.3) is 0 Å². The van der Waals surface area contributed by atoms with E-state index in [4.69, 9.17) is 9.47 Å². The van der Waals surface area contributed by atoms with Gasteiger partial charge in [0, 0.05) is 5.75 Å². The molecule has 130 valence electrons. The summed E-state index contributed by atoms with van der Waals surface area (Å²) in [4.78, 5) is 0. The van der Waals surface area contributed by atoms with E-state index in [2.05, 4.69) is 42.2 Å². The van der Waals surface area contributed by atoms with Gasteiger partial charge in [-0.1, -0.05) is 29.5 Å². The number of rotatable bonds is 7. The Morgan fingerprint density at radius 1 is 1.04 bits per heavy atom. The van der Waals surface area contributed by atoms with Crippen LogP contribution in [-0.2, 0) is 0 Å².